The zero-order valence-electron chi connectivity index (χ0n) is 15.2. The van der Waals surface area contributed by atoms with Gasteiger partial charge < -0.3 is 19.8 Å². The maximum atomic E-state index is 12.7. The first-order valence-corrected chi connectivity index (χ1v) is 9.54. The summed E-state index contributed by atoms with van der Waals surface area (Å²) in [5.74, 6) is 1.50. The van der Waals surface area contributed by atoms with E-state index in [-0.39, 0.29) is 17.9 Å². The largest absolute Gasteiger partial charge is 0.493 e. The molecule has 1 aliphatic heterocycles. The van der Waals surface area contributed by atoms with Crippen LogP contribution in [-0.4, -0.2) is 35.3 Å². The zero-order valence-corrected chi connectivity index (χ0v) is 16.0. The summed E-state index contributed by atoms with van der Waals surface area (Å²) in [5.41, 5.74) is 0.990. The van der Waals surface area contributed by atoms with E-state index >= 15 is 0 Å². The zero-order chi connectivity index (χ0) is 19.4. The Morgan fingerprint density at radius 1 is 1.37 bits per heavy atom. The summed E-state index contributed by atoms with van der Waals surface area (Å²) in [6.07, 6.45) is 1.88. The molecule has 3 rings (SSSR count). The molecule has 27 heavy (non-hydrogen) atoms. The number of anilines is 1. The average molecular weight is 387 g/mol. The first kappa shape index (κ1) is 19.0. The van der Waals surface area contributed by atoms with Crippen LogP contribution in [0.1, 0.15) is 30.4 Å². The first-order valence-electron chi connectivity index (χ1n) is 8.55. The molecule has 2 aromatic rings. The maximum absolute atomic E-state index is 12.7. The molecule has 0 bridgehead atoms. The molecule has 2 N–H and O–H groups in total. The van der Waals surface area contributed by atoms with Crippen LogP contribution in [0.15, 0.2) is 40.8 Å². The summed E-state index contributed by atoms with van der Waals surface area (Å²) in [5, 5.41) is 3.16. The van der Waals surface area contributed by atoms with Crippen molar-refractivity contribution in [3.8, 4) is 11.5 Å². The van der Waals surface area contributed by atoms with Crippen LogP contribution in [0.3, 0.4) is 0 Å². The van der Waals surface area contributed by atoms with Crippen LogP contribution in [0.25, 0.3) is 0 Å². The smallest absolute Gasteiger partial charge is 0.257 e. The molecular formula is C19H21N3O4S. The summed E-state index contributed by atoms with van der Waals surface area (Å²) < 4.78 is 10.9. The highest BCUT2D eigenvalue weighted by Gasteiger charge is 2.31. The van der Waals surface area contributed by atoms with Crippen molar-refractivity contribution < 1.29 is 14.3 Å². The number of hydrogen-bond acceptors (Lipinski definition) is 6. The van der Waals surface area contributed by atoms with Gasteiger partial charge in [0.05, 0.1) is 19.3 Å². The van der Waals surface area contributed by atoms with Gasteiger partial charge in [0, 0.05) is 18.1 Å². The van der Waals surface area contributed by atoms with Crippen molar-refractivity contribution in [2.75, 3.05) is 24.8 Å². The van der Waals surface area contributed by atoms with Gasteiger partial charge in [-0.05, 0) is 24.6 Å². The third-order valence-corrected chi connectivity index (χ3v) is 5.03. The van der Waals surface area contributed by atoms with Crippen LogP contribution in [0, 0.1) is 0 Å². The van der Waals surface area contributed by atoms with Crippen LogP contribution in [0.2, 0.25) is 0 Å². The predicted octanol–water partition coefficient (Wildman–Crippen LogP) is 2.93. The van der Waals surface area contributed by atoms with E-state index in [4.69, 9.17) is 9.47 Å². The minimum Gasteiger partial charge on any atom is -0.493 e. The number of rotatable bonds is 7. The number of nitrogens with one attached hydrogen (secondary N) is 2. The van der Waals surface area contributed by atoms with E-state index in [9.17, 15) is 9.59 Å². The van der Waals surface area contributed by atoms with Crippen LogP contribution >= 0.6 is 11.8 Å². The highest BCUT2D eigenvalue weighted by atomic mass is 32.2. The fourth-order valence-electron chi connectivity index (χ4n) is 3.02. The minimum atomic E-state index is -0.409. The quantitative estimate of drug-likeness (QED) is 0.431. The molecule has 1 atom stereocenters. The first-order chi connectivity index (χ1) is 13.1. The van der Waals surface area contributed by atoms with Crippen LogP contribution in [0.4, 0.5) is 5.82 Å². The molecule has 0 aliphatic carbocycles. The monoisotopic (exact) mass is 387 g/mol. The third kappa shape index (κ3) is 4.00. The lowest BCUT2D eigenvalue weighted by atomic mass is 9.86. The van der Waals surface area contributed by atoms with Gasteiger partial charge in [-0.3, -0.25) is 9.59 Å². The Morgan fingerprint density at radius 2 is 2.19 bits per heavy atom. The number of H-pyrrole nitrogens is 1. The van der Waals surface area contributed by atoms with Crippen molar-refractivity contribution in [2.45, 2.75) is 24.4 Å². The van der Waals surface area contributed by atoms with Crippen LogP contribution in [0.5, 0.6) is 11.5 Å². The molecular weight excluding hydrogens is 366 g/mol. The molecule has 2 heterocycles. The van der Waals surface area contributed by atoms with Crippen LogP contribution in [-0.2, 0) is 4.79 Å². The molecule has 142 valence electrons. The molecule has 0 spiro atoms. The van der Waals surface area contributed by atoms with Gasteiger partial charge in [-0.25, -0.2) is 4.98 Å². The molecule has 0 fully saturated rings. The Labute approximate surface area is 161 Å². The van der Waals surface area contributed by atoms with E-state index < -0.39 is 5.92 Å². The Kier molecular flexibility index (Phi) is 5.85. The molecule has 0 saturated carbocycles. The lowest BCUT2D eigenvalue weighted by Crippen LogP contribution is -2.31. The van der Waals surface area contributed by atoms with Crippen molar-refractivity contribution in [3.05, 3.63) is 52.3 Å². The van der Waals surface area contributed by atoms with Gasteiger partial charge in [0.1, 0.15) is 5.82 Å². The molecule has 1 aliphatic rings. The standard InChI is InChI=1S/C19H21N3O4S/c1-4-8-27-19-21-17-16(18(24)22-19)12(10-15(23)20-17)11-6-7-13(25-3)14(9-11)26-5-2/h4,6-7,9,12H,1,5,8,10H2,2-3H3,(H2,20,21,22,23,24)/t12-/m1/s1. The van der Waals surface area contributed by atoms with Crippen LogP contribution < -0.4 is 20.3 Å². The van der Waals surface area contributed by atoms with Gasteiger partial charge in [0.2, 0.25) is 5.91 Å². The Morgan fingerprint density at radius 3 is 2.89 bits per heavy atom. The number of aromatic amines is 1. The molecule has 0 radical (unpaired) electrons. The highest BCUT2D eigenvalue weighted by molar-refractivity contribution is 7.99. The lowest BCUT2D eigenvalue weighted by Gasteiger charge is -2.25. The molecule has 1 aromatic heterocycles. The lowest BCUT2D eigenvalue weighted by molar-refractivity contribution is -0.116. The van der Waals surface area contributed by atoms with Gasteiger partial charge in [0.15, 0.2) is 16.7 Å². The van der Waals surface area contributed by atoms with E-state index in [0.29, 0.717) is 40.4 Å². The second-order valence-electron chi connectivity index (χ2n) is 5.88. The molecule has 0 unspecified atom stereocenters. The maximum Gasteiger partial charge on any atom is 0.257 e. The number of carbonyl (C=O) groups excluding carboxylic acids is 1. The number of fused-ring (bicyclic) bond motifs is 1. The van der Waals surface area contributed by atoms with Gasteiger partial charge in [-0.2, -0.15) is 0 Å². The minimum absolute atomic E-state index is 0.162. The summed E-state index contributed by atoms with van der Waals surface area (Å²) in [6.45, 7) is 6.02. The van der Waals surface area contributed by atoms with E-state index in [1.807, 2.05) is 19.1 Å². The fraction of sp³-hybridized carbons (Fsp3) is 0.316. The number of aromatic nitrogens is 2. The van der Waals surface area contributed by atoms with E-state index in [0.717, 1.165) is 5.56 Å². The summed E-state index contributed by atoms with van der Waals surface area (Å²) in [4.78, 5) is 32.2. The molecule has 7 nitrogen and oxygen atoms in total. The van der Waals surface area contributed by atoms with E-state index in [1.165, 1.54) is 11.8 Å². The van der Waals surface area contributed by atoms with Crippen molar-refractivity contribution in [1.82, 2.24) is 9.97 Å². The SMILES string of the molecule is C=CCSc1nc2c(c(=O)[nH]1)[C@@H](c1ccc(OC)c(OCC)c1)CC(=O)N2. The molecule has 8 heteroatoms. The Bertz CT molecular complexity index is 926. The van der Waals surface area contributed by atoms with Gasteiger partial charge in [0.25, 0.3) is 5.56 Å². The summed E-state index contributed by atoms with van der Waals surface area (Å²) in [7, 11) is 1.57. The average Bonchev–Trinajstić information content (AvgIpc) is 2.65. The second-order valence-corrected chi connectivity index (χ2v) is 6.89. The summed E-state index contributed by atoms with van der Waals surface area (Å²) in [6, 6.07) is 5.44. The number of methoxy groups -OCH3 is 1. The van der Waals surface area contributed by atoms with Crippen molar-refractivity contribution in [3.63, 3.8) is 0 Å². The van der Waals surface area contributed by atoms with Crippen molar-refractivity contribution in [2.24, 2.45) is 0 Å². The molecule has 1 aromatic carbocycles. The number of thioether (sulfide) groups is 1. The van der Waals surface area contributed by atoms with E-state index in [1.54, 1.807) is 19.3 Å². The predicted molar refractivity (Wildman–Crippen MR) is 105 cm³/mol. The van der Waals surface area contributed by atoms with Crippen molar-refractivity contribution >= 4 is 23.5 Å². The number of ether oxygens (including phenoxy) is 2. The highest BCUT2D eigenvalue weighted by Crippen LogP contribution is 2.38. The van der Waals surface area contributed by atoms with Gasteiger partial charge in [-0.15, -0.1) is 6.58 Å². The van der Waals surface area contributed by atoms with Crippen molar-refractivity contribution in [1.29, 1.82) is 0 Å². The number of carbonyl (C=O) groups is 1. The Balaban J connectivity index is 2.06. The second kappa shape index (κ2) is 8.30. The topological polar surface area (TPSA) is 93.3 Å². The van der Waals surface area contributed by atoms with Gasteiger partial charge in [-0.1, -0.05) is 23.9 Å². The third-order valence-electron chi connectivity index (χ3n) is 4.16. The number of amides is 1. The molecule has 0 saturated heterocycles. The van der Waals surface area contributed by atoms with E-state index in [2.05, 4.69) is 21.9 Å². The number of hydrogen-bond donors (Lipinski definition) is 2. The molecule has 1 amide bonds. The Hall–Kier alpha value is -2.74. The number of nitrogens with zero attached hydrogens (tertiary/aromatic N) is 1. The fourth-order valence-corrected chi connectivity index (χ4v) is 3.62. The summed E-state index contributed by atoms with van der Waals surface area (Å²) >= 11 is 1.35. The number of benzene rings is 1. The normalized spacial score (nSPS) is 15.6. The van der Waals surface area contributed by atoms with Gasteiger partial charge >= 0.3 is 0 Å².